The van der Waals surface area contributed by atoms with E-state index < -0.39 is 22.4 Å². The molecule has 1 aliphatic carbocycles. The van der Waals surface area contributed by atoms with Crippen molar-refractivity contribution in [2.24, 2.45) is 0 Å². The molecule has 8 nitrogen and oxygen atoms in total. The Labute approximate surface area is 200 Å². The van der Waals surface area contributed by atoms with Gasteiger partial charge in [0.15, 0.2) is 11.5 Å². The van der Waals surface area contributed by atoms with Crippen LogP contribution in [-0.2, 0) is 11.3 Å². The number of hydrogen-bond acceptors (Lipinski definition) is 7. The van der Waals surface area contributed by atoms with Gasteiger partial charge in [0.25, 0.3) is 5.88 Å². The largest absolute Gasteiger partial charge is 0.497 e. The number of hydrogen-bond donors (Lipinski definition) is 1. The molecule has 0 amide bonds. The zero-order valence-electron chi connectivity index (χ0n) is 18.7. The van der Waals surface area contributed by atoms with Gasteiger partial charge < -0.3 is 14.8 Å². The first kappa shape index (κ1) is 22.1. The molecule has 1 aliphatic heterocycles. The number of benzene rings is 3. The third kappa shape index (κ3) is 3.85. The number of methoxy groups -OCH3 is 1. The van der Waals surface area contributed by atoms with Crippen molar-refractivity contribution >= 4 is 11.6 Å². The van der Waals surface area contributed by atoms with Gasteiger partial charge in [-0.15, -0.1) is 0 Å². The molecule has 1 unspecified atom stereocenters. The number of carbonyl (C=O) groups is 2. The van der Waals surface area contributed by atoms with Crippen LogP contribution in [0.15, 0.2) is 102 Å². The van der Waals surface area contributed by atoms with Crippen molar-refractivity contribution in [3.63, 3.8) is 0 Å². The summed E-state index contributed by atoms with van der Waals surface area (Å²) in [6.07, 6.45) is 0. The Balaban J connectivity index is 1.69. The van der Waals surface area contributed by atoms with E-state index in [-0.39, 0.29) is 40.6 Å². The van der Waals surface area contributed by atoms with Crippen LogP contribution in [0, 0.1) is 10.1 Å². The molecular formula is C27H20N2O6. The highest BCUT2D eigenvalue weighted by Gasteiger charge is 2.48. The van der Waals surface area contributed by atoms with Crippen molar-refractivity contribution in [3.8, 4) is 5.75 Å². The van der Waals surface area contributed by atoms with E-state index in [4.69, 9.17) is 9.47 Å². The lowest BCUT2D eigenvalue weighted by Gasteiger charge is -2.30. The van der Waals surface area contributed by atoms with Crippen LogP contribution in [0.2, 0.25) is 0 Å². The first-order valence-electron chi connectivity index (χ1n) is 10.9. The molecule has 174 valence electrons. The van der Waals surface area contributed by atoms with E-state index in [0.717, 1.165) is 5.56 Å². The van der Waals surface area contributed by atoms with E-state index in [0.29, 0.717) is 11.3 Å². The second-order valence-corrected chi connectivity index (χ2v) is 8.07. The number of nitrogens with zero attached hydrogens (tertiary/aromatic N) is 1. The molecule has 5 rings (SSSR count). The van der Waals surface area contributed by atoms with Crippen LogP contribution in [0.1, 0.15) is 37.8 Å². The summed E-state index contributed by atoms with van der Waals surface area (Å²) in [5.41, 5.74) is 1.28. The summed E-state index contributed by atoms with van der Waals surface area (Å²) in [5, 5.41) is 15.4. The average Bonchev–Trinajstić information content (AvgIpc) is 2.90. The number of ketones is 2. The molecule has 0 fully saturated rings. The molecule has 0 bridgehead atoms. The molecular weight excluding hydrogens is 448 g/mol. The molecule has 0 radical (unpaired) electrons. The van der Waals surface area contributed by atoms with Gasteiger partial charge in [-0.25, -0.2) is 0 Å². The molecule has 1 atom stereocenters. The maximum Gasteiger partial charge on any atom is 0.317 e. The fraction of sp³-hybridized carbons (Fsp3) is 0.111. The predicted octanol–water partition coefficient (Wildman–Crippen LogP) is 4.38. The van der Waals surface area contributed by atoms with Crippen LogP contribution in [0.5, 0.6) is 5.75 Å². The van der Waals surface area contributed by atoms with Crippen LogP contribution in [0.25, 0.3) is 0 Å². The second kappa shape index (κ2) is 8.90. The lowest BCUT2D eigenvalue weighted by Crippen LogP contribution is -2.35. The van der Waals surface area contributed by atoms with Gasteiger partial charge >= 0.3 is 5.70 Å². The van der Waals surface area contributed by atoms with Gasteiger partial charge in [0.05, 0.1) is 17.6 Å². The summed E-state index contributed by atoms with van der Waals surface area (Å²) in [5.74, 6) is -2.04. The van der Waals surface area contributed by atoms with Crippen molar-refractivity contribution in [2.75, 3.05) is 7.11 Å². The highest BCUT2D eigenvalue weighted by molar-refractivity contribution is 6.27. The smallest absolute Gasteiger partial charge is 0.317 e. The number of Topliss-reactive ketones (excluding diaryl/α,β-unsaturated/α-hetero) is 2. The summed E-state index contributed by atoms with van der Waals surface area (Å²) in [7, 11) is 1.48. The lowest BCUT2D eigenvalue weighted by atomic mass is 9.77. The SMILES string of the molecule is COc1cccc(C2C3=C(OC(NCc4ccccc4)=C2[N+](=O)[O-])C(=O)c2ccccc2C3=O)c1. The Bertz CT molecular complexity index is 1420. The maximum atomic E-state index is 13.6. The van der Waals surface area contributed by atoms with Crippen LogP contribution in [0.4, 0.5) is 0 Å². The van der Waals surface area contributed by atoms with E-state index in [1.165, 1.54) is 7.11 Å². The number of nitro groups is 1. The average molecular weight is 468 g/mol. The fourth-order valence-corrected chi connectivity index (χ4v) is 4.40. The fourth-order valence-electron chi connectivity index (χ4n) is 4.40. The van der Waals surface area contributed by atoms with Gasteiger partial charge in [-0.05, 0) is 23.3 Å². The molecule has 3 aromatic rings. The topological polar surface area (TPSA) is 108 Å². The van der Waals surface area contributed by atoms with Gasteiger partial charge in [-0.3, -0.25) is 19.7 Å². The van der Waals surface area contributed by atoms with Gasteiger partial charge in [0, 0.05) is 17.7 Å². The molecule has 35 heavy (non-hydrogen) atoms. The Morgan fingerprint density at radius 3 is 2.31 bits per heavy atom. The van der Waals surface area contributed by atoms with E-state index in [1.54, 1.807) is 48.5 Å². The third-order valence-corrected chi connectivity index (χ3v) is 6.03. The molecule has 3 aromatic carbocycles. The third-order valence-electron chi connectivity index (χ3n) is 6.03. The summed E-state index contributed by atoms with van der Waals surface area (Å²) < 4.78 is 11.2. The normalized spacial score (nSPS) is 16.9. The second-order valence-electron chi connectivity index (χ2n) is 8.07. The molecule has 0 aromatic heterocycles. The van der Waals surface area contributed by atoms with Crippen molar-refractivity contribution < 1.29 is 24.0 Å². The number of fused-ring (bicyclic) bond motifs is 1. The minimum Gasteiger partial charge on any atom is -0.497 e. The van der Waals surface area contributed by atoms with Crippen molar-refractivity contribution in [1.82, 2.24) is 5.32 Å². The monoisotopic (exact) mass is 468 g/mol. The minimum atomic E-state index is -1.15. The first-order valence-corrected chi connectivity index (χ1v) is 10.9. The van der Waals surface area contributed by atoms with Gasteiger partial charge in [0.1, 0.15) is 11.7 Å². The van der Waals surface area contributed by atoms with E-state index in [1.807, 2.05) is 30.3 Å². The predicted molar refractivity (Wildman–Crippen MR) is 126 cm³/mol. The minimum absolute atomic E-state index is 0.0566. The number of carbonyl (C=O) groups excluding carboxylic acids is 2. The van der Waals surface area contributed by atoms with Gasteiger partial charge in [-0.1, -0.05) is 66.7 Å². The van der Waals surface area contributed by atoms with E-state index in [2.05, 4.69) is 5.32 Å². The molecule has 0 saturated heterocycles. The molecule has 1 heterocycles. The Morgan fingerprint density at radius 2 is 1.63 bits per heavy atom. The highest BCUT2D eigenvalue weighted by atomic mass is 16.6. The van der Waals surface area contributed by atoms with E-state index in [9.17, 15) is 19.7 Å². The molecule has 2 aliphatic rings. The Kier molecular flexibility index (Phi) is 5.62. The number of ether oxygens (including phenoxy) is 2. The van der Waals surface area contributed by atoms with Crippen LogP contribution < -0.4 is 10.1 Å². The summed E-state index contributed by atoms with van der Waals surface area (Å²) >= 11 is 0. The van der Waals surface area contributed by atoms with Gasteiger partial charge in [0.2, 0.25) is 5.78 Å². The number of rotatable bonds is 6. The summed E-state index contributed by atoms with van der Waals surface area (Å²) in [6, 6.07) is 22.3. The zero-order valence-corrected chi connectivity index (χ0v) is 18.7. The maximum absolute atomic E-state index is 13.6. The Hall–Kier alpha value is -4.72. The zero-order chi connectivity index (χ0) is 24.5. The van der Waals surface area contributed by atoms with Crippen molar-refractivity contribution in [2.45, 2.75) is 12.5 Å². The molecule has 0 spiro atoms. The molecule has 1 N–H and O–H groups in total. The van der Waals surface area contributed by atoms with Gasteiger partial charge in [-0.2, -0.15) is 0 Å². The molecule has 8 heteroatoms. The highest BCUT2D eigenvalue weighted by Crippen LogP contribution is 2.45. The standard InChI is InChI=1S/C27H20N2O6/c1-34-18-11-7-10-17(14-18)21-22-24(30)19-12-5-6-13-20(19)25(31)26(22)35-27(23(21)29(32)33)28-15-16-8-3-2-4-9-16/h2-14,21,28H,15H2,1H3. The van der Waals surface area contributed by atoms with Crippen molar-refractivity contribution in [1.29, 1.82) is 0 Å². The quantitative estimate of drug-likeness (QED) is 0.423. The summed E-state index contributed by atoms with van der Waals surface area (Å²) in [4.78, 5) is 38.8. The van der Waals surface area contributed by atoms with Crippen LogP contribution >= 0.6 is 0 Å². The van der Waals surface area contributed by atoms with Crippen LogP contribution in [-0.4, -0.2) is 23.6 Å². The number of nitrogens with one attached hydrogen (secondary N) is 1. The first-order chi connectivity index (χ1) is 17.0. The van der Waals surface area contributed by atoms with Crippen molar-refractivity contribution in [3.05, 3.63) is 134 Å². The Morgan fingerprint density at radius 1 is 0.943 bits per heavy atom. The molecule has 0 saturated carbocycles. The van der Waals surface area contributed by atoms with Crippen LogP contribution in [0.3, 0.4) is 0 Å². The summed E-state index contributed by atoms with van der Waals surface area (Å²) in [6.45, 7) is 0.222. The lowest BCUT2D eigenvalue weighted by molar-refractivity contribution is -0.433. The number of allylic oxidation sites excluding steroid dienone is 2. The van der Waals surface area contributed by atoms with E-state index >= 15 is 0 Å².